The van der Waals surface area contributed by atoms with Gasteiger partial charge in [-0.3, -0.25) is 9.63 Å². The highest BCUT2D eigenvalue weighted by molar-refractivity contribution is 5.74. The fraction of sp³-hybridized carbons (Fsp3) is 0.417. The average Bonchev–Trinajstić information content (AvgIpc) is 2.34. The molecule has 0 heterocycles. The molecular formula is C12H14F3NO3. The number of carbonyl (C=O) groups excluding carboxylic acids is 1. The van der Waals surface area contributed by atoms with Crippen LogP contribution in [0.5, 0.6) is 5.75 Å². The third-order valence-electron chi connectivity index (χ3n) is 1.98. The molecule has 1 aromatic rings. The Bertz CT molecular complexity index is 382. The molecule has 19 heavy (non-hydrogen) atoms. The van der Waals surface area contributed by atoms with Crippen LogP contribution < -0.4 is 10.2 Å². The van der Waals surface area contributed by atoms with Crippen LogP contribution in [0.25, 0.3) is 0 Å². The zero-order chi connectivity index (χ0) is 14.1. The topological polar surface area (TPSA) is 47.6 Å². The Hall–Kier alpha value is -1.76. The molecule has 1 N–H and O–H groups in total. The van der Waals surface area contributed by atoms with Crippen LogP contribution in [-0.2, 0) is 9.63 Å². The largest absolute Gasteiger partial charge is 0.494 e. The van der Waals surface area contributed by atoms with Crippen LogP contribution in [0, 0.1) is 0 Å². The van der Waals surface area contributed by atoms with E-state index >= 15 is 0 Å². The van der Waals surface area contributed by atoms with Crippen molar-refractivity contribution in [2.24, 2.45) is 0 Å². The van der Waals surface area contributed by atoms with Gasteiger partial charge in [0, 0.05) is 6.42 Å². The fourth-order valence-electron chi connectivity index (χ4n) is 1.19. The Balaban J connectivity index is 2.05. The van der Waals surface area contributed by atoms with Crippen molar-refractivity contribution in [2.75, 3.05) is 13.2 Å². The summed E-state index contributed by atoms with van der Waals surface area (Å²) >= 11 is 0. The minimum Gasteiger partial charge on any atom is -0.494 e. The molecule has 0 saturated carbocycles. The van der Waals surface area contributed by atoms with Gasteiger partial charge in [-0.25, -0.2) is 5.48 Å². The van der Waals surface area contributed by atoms with Crippen molar-refractivity contribution >= 4 is 5.91 Å². The van der Waals surface area contributed by atoms with Crippen LogP contribution >= 0.6 is 0 Å². The number of hydroxylamine groups is 1. The number of halogens is 3. The number of para-hydroxylation sites is 1. The Kier molecular flexibility index (Phi) is 6.14. The molecule has 7 heteroatoms. The highest BCUT2D eigenvalue weighted by Gasteiger charge is 2.28. The summed E-state index contributed by atoms with van der Waals surface area (Å²) in [7, 11) is 0. The third-order valence-corrected chi connectivity index (χ3v) is 1.98. The quantitative estimate of drug-likeness (QED) is 0.615. The summed E-state index contributed by atoms with van der Waals surface area (Å²) in [5.41, 5.74) is 1.72. The van der Waals surface area contributed by atoms with Gasteiger partial charge < -0.3 is 4.74 Å². The Morgan fingerprint density at radius 1 is 1.21 bits per heavy atom. The molecule has 106 valence electrons. The zero-order valence-corrected chi connectivity index (χ0v) is 10.1. The Morgan fingerprint density at radius 2 is 1.89 bits per heavy atom. The maximum absolute atomic E-state index is 11.7. The lowest BCUT2D eigenvalue weighted by atomic mass is 10.3. The molecule has 0 fully saturated rings. The summed E-state index contributed by atoms with van der Waals surface area (Å²) in [6.07, 6.45) is -4.04. The van der Waals surface area contributed by atoms with Crippen LogP contribution in [0.4, 0.5) is 13.2 Å². The first-order chi connectivity index (χ1) is 8.97. The molecule has 0 aliphatic heterocycles. The first-order valence-electron chi connectivity index (χ1n) is 5.62. The molecule has 0 atom stereocenters. The van der Waals surface area contributed by atoms with Crippen LogP contribution in [0.3, 0.4) is 0 Å². The maximum Gasteiger partial charge on any atom is 0.414 e. The van der Waals surface area contributed by atoms with Crippen LogP contribution in [0.2, 0.25) is 0 Å². The van der Waals surface area contributed by atoms with Crippen molar-refractivity contribution in [3.05, 3.63) is 30.3 Å². The molecule has 0 saturated heterocycles. The first kappa shape index (κ1) is 15.3. The SMILES string of the molecule is O=C(CCCOc1ccccc1)NOCC(F)(F)F. The van der Waals surface area contributed by atoms with E-state index in [0.29, 0.717) is 18.8 Å². The van der Waals surface area contributed by atoms with E-state index in [0.717, 1.165) is 0 Å². The lowest BCUT2D eigenvalue weighted by Gasteiger charge is -2.08. The number of nitrogens with one attached hydrogen (secondary N) is 1. The molecule has 1 rings (SSSR count). The number of hydrogen-bond acceptors (Lipinski definition) is 3. The van der Waals surface area contributed by atoms with E-state index in [1.165, 1.54) is 0 Å². The highest BCUT2D eigenvalue weighted by atomic mass is 19.4. The van der Waals surface area contributed by atoms with E-state index in [1.807, 2.05) is 18.2 Å². The van der Waals surface area contributed by atoms with Gasteiger partial charge in [0.2, 0.25) is 5.91 Å². The predicted molar refractivity (Wildman–Crippen MR) is 61.3 cm³/mol. The number of ether oxygens (including phenoxy) is 1. The summed E-state index contributed by atoms with van der Waals surface area (Å²) in [5, 5.41) is 0. The zero-order valence-electron chi connectivity index (χ0n) is 10.1. The van der Waals surface area contributed by atoms with Gasteiger partial charge in [-0.1, -0.05) is 18.2 Å². The van der Waals surface area contributed by atoms with E-state index in [9.17, 15) is 18.0 Å². The first-order valence-corrected chi connectivity index (χ1v) is 5.62. The molecular weight excluding hydrogens is 263 g/mol. The summed E-state index contributed by atoms with van der Waals surface area (Å²) in [6.45, 7) is -1.20. The van der Waals surface area contributed by atoms with Gasteiger partial charge in [0.05, 0.1) is 6.61 Å². The van der Waals surface area contributed by atoms with Crippen molar-refractivity contribution in [1.29, 1.82) is 0 Å². The van der Waals surface area contributed by atoms with Crippen LogP contribution in [-0.4, -0.2) is 25.3 Å². The average molecular weight is 277 g/mol. The van der Waals surface area contributed by atoms with Gasteiger partial charge in [0.25, 0.3) is 0 Å². The van der Waals surface area contributed by atoms with Crippen LogP contribution in [0.15, 0.2) is 30.3 Å². The fourth-order valence-corrected chi connectivity index (χ4v) is 1.19. The summed E-state index contributed by atoms with van der Waals surface area (Å²) in [5.74, 6) is 0.0668. The van der Waals surface area contributed by atoms with Gasteiger partial charge in [0.15, 0.2) is 6.61 Å². The smallest absolute Gasteiger partial charge is 0.414 e. The highest BCUT2D eigenvalue weighted by Crippen LogP contribution is 2.13. The van der Waals surface area contributed by atoms with Gasteiger partial charge in [-0.2, -0.15) is 13.2 Å². The van der Waals surface area contributed by atoms with Crippen molar-refractivity contribution in [1.82, 2.24) is 5.48 Å². The molecule has 1 aromatic carbocycles. The molecule has 0 aliphatic rings. The third kappa shape index (κ3) is 8.04. The number of carbonyl (C=O) groups is 1. The summed E-state index contributed by atoms with van der Waals surface area (Å²) < 4.78 is 40.4. The van der Waals surface area contributed by atoms with E-state index < -0.39 is 18.7 Å². The van der Waals surface area contributed by atoms with Crippen molar-refractivity contribution in [2.45, 2.75) is 19.0 Å². The predicted octanol–water partition coefficient (Wildman–Crippen LogP) is 2.46. The van der Waals surface area contributed by atoms with Crippen molar-refractivity contribution in [3.8, 4) is 5.75 Å². The molecule has 0 radical (unpaired) electrons. The molecule has 0 bridgehead atoms. The minimum absolute atomic E-state index is 0.0324. The Labute approximate surface area is 108 Å². The Morgan fingerprint density at radius 3 is 2.53 bits per heavy atom. The molecule has 0 aromatic heterocycles. The normalized spacial score (nSPS) is 11.1. The van der Waals surface area contributed by atoms with Crippen LogP contribution in [0.1, 0.15) is 12.8 Å². The molecule has 0 unspecified atom stereocenters. The van der Waals surface area contributed by atoms with Gasteiger partial charge in [-0.15, -0.1) is 0 Å². The molecule has 4 nitrogen and oxygen atoms in total. The van der Waals surface area contributed by atoms with Gasteiger partial charge in [-0.05, 0) is 18.6 Å². The van der Waals surface area contributed by atoms with E-state index in [-0.39, 0.29) is 6.42 Å². The standard InChI is InChI=1S/C12H14F3NO3/c13-12(14,15)9-19-16-11(17)7-4-8-18-10-5-2-1-3-6-10/h1-3,5-6H,4,7-9H2,(H,16,17). The number of amides is 1. The number of benzene rings is 1. The van der Waals surface area contributed by atoms with Crippen molar-refractivity contribution < 1.29 is 27.5 Å². The summed E-state index contributed by atoms with van der Waals surface area (Å²) in [4.78, 5) is 15.1. The number of hydrogen-bond donors (Lipinski definition) is 1. The second-order valence-corrected chi connectivity index (χ2v) is 3.69. The number of alkyl halides is 3. The molecule has 1 amide bonds. The molecule has 0 spiro atoms. The number of rotatable bonds is 7. The van der Waals surface area contributed by atoms with E-state index in [2.05, 4.69) is 4.84 Å². The second-order valence-electron chi connectivity index (χ2n) is 3.69. The lowest BCUT2D eigenvalue weighted by molar-refractivity contribution is -0.191. The van der Waals surface area contributed by atoms with E-state index in [4.69, 9.17) is 4.74 Å². The lowest BCUT2D eigenvalue weighted by Crippen LogP contribution is -2.29. The van der Waals surface area contributed by atoms with Crippen molar-refractivity contribution in [3.63, 3.8) is 0 Å². The minimum atomic E-state index is -4.45. The van der Waals surface area contributed by atoms with E-state index in [1.54, 1.807) is 17.6 Å². The van der Waals surface area contributed by atoms with Gasteiger partial charge >= 0.3 is 6.18 Å². The maximum atomic E-state index is 11.7. The van der Waals surface area contributed by atoms with Gasteiger partial charge in [0.1, 0.15) is 5.75 Å². The monoisotopic (exact) mass is 277 g/mol. The molecule has 0 aliphatic carbocycles. The second kappa shape index (κ2) is 7.63. The summed E-state index contributed by atoms with van der Waals surface area (Å²) in [6, 6.07) is 9.01.